The smallest absolute Gasteiger partial charge is 0.163 e. The van der Waals surface area contributed by atoms with Gasteiger partial charge >= 0.3 is 0 Å². The predicted molar refractivity (Wildman–Crippen MR) is 90.8 cm³/mol. The summed E-state index contributed by atoms with van der Waals surface area (Å²) < 4.78 is 0. The zero-order valence-electron chi connectivity index (χ0n) is 13.5. The molecule has 0 bridgehead atoms. The number of fused-ring (bicyclic) bond motifs is 1. The van der Waals surface area contributed by atoms with Gasteiger partial charge in [-0.15, -0.1) is 0 Å². The molecule has 0 atom stereocenters. The van der Waals surface area contributed by atoms with E-state index in [0.717, 1.165) is 28.9 Å². The molecule has 1 aromatic carbocycles. The van der Waals surface area contributed by atoms with Gasteiger partial charge in [0.15, 0.2) is 5.65 Å². The summed E-state index contributed by atoms with van der Waals surface area (Å²) in [4.78, 5) is 13.9. The summed E-state index contributed by atoms with van der Waals surface area (Å²) in [6.07, 6.45) is 2.69. The second kappa shape index (κ2) is 5.77. The van der Waals surface area contributed by atoms with Crippen LogP contribution in [0.1, 0.15) is 38.6 Å². The third-order valence-corrected chi connectivity index (χ3v) is 4.25. The number of nitriles is 1. The van der Waals surface area contributed by atoms with E-state index in [1.807, 2.05) is 36.4 Å². The summed E-state index contributed by atoms with van der Waals surface area (Å²) in [5.41, 5.74) is 3.06. The molecule has 4 heteroatoms. The van der Waals surface area contributed by atoms with E-state index in [1.54, 1.807) is 6.20 Å². The third kappa shape index (κ3) is 2.78. The van der Waals surface area contributed by atoms with Crippen molar-refractivity contribution in [2.45, 2.75) is 32.6 Å². The van der Waals surface area contributed by atoms with Crippen LogP contribution in [0.5, 0.6) is 0 Å². The molecule has 23 heavy (non-hydrogen) atoms. The van der Waals surface area contributed by atoms with Crippen molar-refractivity contribution < 1.29 is 0 Å². The van der Waals surface area contributed by atoms with E-state index < -0.39 is 0 Å². The van der Waals surface area contributed by atoms with Crippen molar-refractivity contribution >= 4 is 11.0 Å². The molecule has 3 rings (SSSR count). The number of hydrogen-bond donors (Lipinski definition) is 0. The van der Waals surface area contributed by atoms with E-state index >= 15 is 0 Å². The maximum atomic E-state index is 8.97. The summed E-state index contributed by atoms with van der Waals surface area (Å²) in [5.74, 6) is 0.797. The standard InChI is InChI=1S/C19H18N4/c1-4-19(2,3)18-22-16(14-9-7-13(12-20)8-10-14)15-6-5-11-21-17(15)23-18/h5-11H,4H2,1-3H3. The van der Waals surface area contributed by atoms with Gasteiger partial charge in [0.25, 0.3) is 0 Å². The number of rotatable bonds is 3. The zero-order chi connectivity index (χ0) is 16.4. The van der Waals surface area contributed by atoms with Gasteiger partial charge in [-0.2, -0.15) is 5.26 Å². The van der Waals surface area contributed by atoms with Gasteiger partial charge in [-0.05, 0) is 30.7 Å². The molecule has 114 valence electrons. The Morgan fingerprint density at radius 1 is 1.09 bits per heavy atom. The number of pyridine rings is 1. The molecule has 0 radical (unpaired) electrons. The Balaban J connectivity index is 2.27. The highest BCUT2D eigenvalue weighted by Gasteiger charge is 2.24. The van der Waals surface area contributed by atoms with Crippen LogP contribution in [-0.4, -0.2) is 15.0 Å². The summed E-state index contributed by atoms with van der Waals surface area (Å²) in [7, 11) is 0. The molecule has 0 aliphatic carbocycles. The zero-order valence-corrected chi connectivity index (χ0v) is 13.5. The molecule has 0 saturated carbocycles. The summed E-state index contributed by atoms with van der Waals surface area (Å²) in [6.45, 7) is 6.41. The fourth-order valence-electron chi connectivity index (χ4n) is 2.35. The lowest BCUT2D eigenvalue weighted by Crippen LogP contribution is -2.20. The largest absolute Gasteiger partial charge is 0.237 e. The van der Waals surface area contributed by atoms with E-state index in [9.17, 15) is 0 Å². The molecule has 0 spiro atoms. The van der Waals surface area contributed by atoms with E-state index in [4.69, 9.17) is 10.2 Å². The molecule has 0 amide bonds. The molecule has 0 N–H and O–H groups in total. The van der Waals surface area contributed by atoms with Crippen LogP contribution in [-0.2, 0) is 5.41 Å². The Morgan fingerprint density at radius 3 is 2.48 bits per heavy atom. The van der Waals surface area contributed by atoms with Crippen LogP contribution in [0.3, 0.4) is 0 Å². The molecule has 0 unspecified atom stereocenters. The maximum Gasteiger partial charge on any atom is 0.163 e. The van der Waals surface area contributed by atoms with Crippen LogP contribution in [0.4, 0.5) is 0 Å². The maximum absolute atomic E-state index is 8.97. The van der Waals surface area contributed by atoms with Gasteiger partial charge in [0.2, 0.25) is 0 Å². The van der Waals surface area contributed by atoms with Crippen molar-refractivity contribution in [3.8, 4) is 17.3 Å². The van der Waals surface area contributed by atoms with Crippen molar-refractivity contribution in [3.05, 3.63) is 54.0 Å². The molecule has 0 saturated heterocycles. The van der Waals surface area contributed by atoms with Crippen LogP contribution in [0.25, 0.3) is 22.3 Å². The molecule has 2 aromatic heterocycles. The lowest BCUT2D eigenvalue weighted by molar-refractivity contribution is 0.475. The third-order valence-electron chi connectivity index (χ3n) is 4.25. The van der Waals surface area contributed by atoms with Crippen molar-refractivity contribution in [2.24, 2.45) is 0 Å². The van der Waals surface area contributed by atoms with Crippen molar-refractivity contribution in [2.75, 3.05) is 0 Å². The topological polar surface area (TPSA) is 62.5 Å². The molecular weight excluding hydrogens is 284 g/mol. The van der Waals surface area contributed by atoms with Crippen molar-refractivity contribution in [3.63, 3.8) is 0 Å². The average molecular weight is 302 g/mol. The second-order valence-electron chi connectivity index (χ2n) is 6.20. The Morgan fingerprint density at radius 2 is 1.83 bits per heavy atom. The number of benzene rings is 1. The lowest BCUT2D eigenvalue weighted by Gasteiger charge is -2.22. The highest BCUT2D eigenvalue weighted by atomic mass is 15.0. The van der Waals surface area contributed by atoms with Gasteiger partial charge in [0, 0.05) is 22.6 Å². The first-order valence-corrected chi connectivity index (χ1v) is 7.69. The highest BCUT2D eigenvalue weighted by Crippen LogP contribution is 2.30. The van der Waals surface area contributed by atoms with Gasteiger partial charge in [0.1, 0.15) is 5.82 Å². The first-order valence-electron chi connectivity index (χ1n) is 7.69. The summed E-state index contributed by atoms with van der Waals surface area (Å²) in [6, 6.07) is 13.5. The van der Waals surface area contributed by atoms with Crippen LogP contribution in [0.15, 0.2) is 42.6 Å². The highest BCUT2D eigenvalue weighted by molar-refractivity contribution is 5.90. The van der Waals surface area contributed by atoms with Crippen molar-refractivity contribution in [1.82, 2.24) is 15.0 Å². The average Bonchev–Trinajstić information content (AvgIpc) is 2.61. The number of aromatic nitrogens is 3. The minimum Gasteiger partial charge on any atom is -0.237 e. The Kier molecular flexibility index (Phi) is 3.79. The van der Waals surface area contributed by atoms with Gasteiger partial charge in [-0.25, -0.2) is 15.0 Å². The van der Waals surface area contributed by atoms with Crippen molar-refractivity contribution in [1.29, 1.82) is 5.26 Å². The van der Waals surface area contributed by atoms with Crippen LogP contribution in [0, 0.1) is 11.3 Å². The Labute approximate surface area is 135 Å². The SMILES string of the molecule is CCC(C)(C)c1nc(-c2ccc(C#N)cc2)c2cccnc2n1. The monoisotopic (exact) mass is 302 g/mol. The van der Waals surface area contributed by atoms with Crippen LogP contribution < -0.4 is 0 Å². The fraction of sp³-hybridized carbons (Fsp3) is 0.263. The molecule has 3 aromatic rings. The normalized spacial score (nSPS) is 11.4. The van der Waals surface area contributed by atoms with Gasteiger partial charge in [-0.3, -0.25) is 0 Å². The summed E-state index contributed by atoms with van der Waals surface area (Å²) in [5, 5.41) is 9.89. The molecule has 0 aliphatic rings. The van der Waals surface area contributed by atoms with Gasteiger partial charge in [0.05, 0.1) is 17.3 Å². The van der Waals surface area contributed by atoms with Crippen LogP contribution >= 0.6 is 0 Å². The van der Waals surface area contributed by atoms with E-state index in [1.165, 1.54) is 0 Å². The fourth-order valence-corrected chi connectivity index (χ4v) is 2.35. The molecule has 2 heterocycles. The molecule has 0 fully saturated rings. The van der Waals surface area contributed by atoms with E-state index in [2.05, 4.69) is 36.8 Å². The second-order valence-corrected chi connectivity index (χ2v) is 6.20. The van der Waals surface area contributed by atoms with Gasteiger partial charge in [-0.1, -0.05) is 32.9 Å². The van der Waals surface area contributed by atoms with Crippen LogP contribution in [0.2, 0.25) is 0 Å². The minimum atomic E-state index is -0.118. The van der Waals surface area contributed by atoms with E-state index in [0.29, 0.717) is 11.2 Å². The summed E-state index contributed by atoms with van der Waals surface area (Å²) >= 11 is 0. The van der Waals surface area contributed by atoms with Gasteiger partial charge < -0.3 is 0 Å². The number of nitrogens with zero attached hydrogens (tertiary/aromatic N) is 4. The predicted octanol–water partition coefficient (Wildman–Crippen LogP) is 4.25. The molecule has 4 nitrogen and oxygen atoms in total. The Hall–Kier alpha value is -2.80. The number of hydrogen-bond acceptors (Lipinski definition) is 4. The molecular formula is C19H18N4. The first kappa shape index (κ1) is 15.1. The Bertz CT molecular complexity index is 889. The lowest BCUT2D eigenvalue weighted by atomic mass is 9.89. The van der Waals surface area contributed by atoms with E-state index in [-0.39, 0.29) is 5.41 Å². The minimum absolute atomic E-state index is 0.118. The quantitative estimate of drug-likeness (QED) is 0.725. The first-order chi connectivity index (χ1) is 11.0. The molecule has 0 aliphatic heterocycles.